The van der Waals surface area contributed by atoms with Crippen LogP contribution in [0.1, 0.15) is 35.3 Å². The van der Waals surface area contributed by atoms with Crippen LogP contribution in [-0.4, -0.2) is 37.0 Å². The molecule has 1 atom stereocenters. The molecule has 1 aliphatic rings. The zero-order valence-corrected chi connectivity index (χ0v) is 20.1. The average Bonchev–Trinajstić information content (AvgIpc) is 3.55. The van der Waals surface area contributed by atoms with Crippen molar-refractivity contribution < 1.29 is 8.83 Å². The van der Waals surface area contributed by atoms with Crippen LogP contribution in [0, 0.1) is 0 Å². The number of rotatable bonds is 9. The van der Waals surface area contributed by atoms with Crippen LogP contribution in [0.25, 0.3) is 0 Å². The number of nitrogens with one attached hydrogen (secondary N) is 2. The maximum atomic E-state index is 5.74. The monoisotopic (exact) mass is 540 g/mol. The summed E-state index contributed by atoms with van der Waals surface area (Å²) in [7, 11) is 0. The molecule has 2 N–H and O–H groups in total. The molecule has 1 saturated heterocycles. The molecule has 30 heavy (non-hydrogen) atoms. The summed E-state index contributed by atoms with van der Waals surface area (Å²) in [5.74, 6) is 2.80. The van der Waals surface area contributed by atoms with Crippen molar-refractivity contribution in [3.8, 4) is 0 Å². The summed E-state index contributed by atoms with van der Waals surface area (Å²) in [5.41, 5.74) is 0. The first kappa shape index (κ1) is 22.9. The second kappa shape index (κ2) is 12.2. The van der Waals surface area contributed by atoms with Crippen molar-refractivity contribution in [2.75, 3.05) is 26.2 Å². The zero-order valence-electron chi connectivity index (χ0n) is 17.0. The van der Waals surface area contributed by atoms with Gasteiger partial charge in [0, 0.05) is 24.4 Å². The van der Waals surface area contributed by atoms with Gasteiger partial charge in [-0.25, -0.2) is 4.99 Å². The predicted octanol–water partition coefficient (Wildman–Crippen LogP) is 4.67. The molecule has 0 saturated carbocycles. The number of nitrogens with zero attached hydrogens (tertiary/aromatic N) is 2. The van der Waals surface area contributed by atoms with Crippen LogP contribution in [0.2, 0.25) is 0 Å². The second-order valence-corrected chi connectivity index (χ2v) is 8.19. The predicted molar refractivity (Wildman–Crippen MR) is 132 cm³/mol. The Morgan fingerprint density at radius 2 is 1.90 bits per heavy atom. The third-order valence-electron chi connectivity index (χ3n) is 5.13. The number of hydrogen-bond donors (Lipinski definition) is 2. The summed E-state index contributed by atoms with van der Waals surface area (Å²) in [5, 5.41) is 9.07. The molecule has 6 nitrogen and oxygen atoms in total. The summed E-state index contributed by atoms with van der Waals surface area (Å²) in [6.45, 7) is 4.41. The van der Waals surface area contributed by atoms with E-state index in [9.17, 15) is 0 Å². The van der Waals surface area contributed by atoms with Gasteiger partial charge in [0.25, 0.3) is 0 Å². The first-order valence-corrected chi connectivity index (χ1v) is 11.1. The van der Waals surface area contributed by atoms with Crippen LogP contribution < -0.4 is 10.6 Å². The van der Waals surface area contributed by atoms with Gasteiger partial charge >= 0.3 is 0 Å². The molecule has 1 fully saturated rings. The fourth-order valence-electron chi connectivity index (χ4n) is 3.63. The lowest BCUT2D eigenvalue weighted by atomic mass is 10.2. The molecular formula is C22H29IN4O2S. The molecule has 1 unspecified atom stereocenters. The normalized spacial score (nSPS) is 15.7. The Labute approximate surface area is 198 Å². The number of likely N-dealkylation sites (tertiary alicyclic amines) is 1. The Morgan fingerprint density at radius 1 is 1.07 bits per heavy atom. The van der Waals surface area contributed by atoms with Crippen LogP contribution in [0.4, 0.5) is 0 Å². The van der Waals surface area contributed by atoms with Gasteiger partial charge < -0.3 is 19.5 Å². The molecular weight excluding hydrogens is 511 g/mol. The van der Waals surface area contributed by atoms with Gasteiger partial charge in [-0.3, -0.25) is 4.90 Å². The van der Waals surface area contributed by atoms with Gasteiger partial charge in [0.2, 0.25) is 0 Å². The lowest BCUT2D eigenvalue weighted by Crippen LogP contribution is -2.43. The topological polar surface area (TPSA) is 65.9 Å². The maximum Gasteiger partial charge on any atom is 0.191 e. The zero-order chi connectivity index (χ0) is 19.7. The van der Waals surface area contributed by atoms with Gasteiger partial charge in [-0.15, -0.1) is 35.3 Å². The van der Waals surface area contributed by atoms with E-state index in [0.717, 1.165) is 50.1 Å². The van der Waals surface area contributed by atoms with Crippen molar-refractivity contribution in [3.05, 3.63) is 70.7 Å². The van der Waals surface area contributed by atoms with Crippen molar-refractivity contribution in [2.45, 2.75) is 31.8 Å². The smallest absolute Gasteiger partial charge is 0.191 e. The molecule has 0 spiro atoms. The van der Waals surface area contributed by atoms with E-state index in [1.165, 1.54) is 17.7 Å². The molecule has 0 amide bonds. The Balaban J connectivity index is 0.00000256. The van der Waals surface area contributed by atoms with Crippen LogP contribution >= 0.6 is 35.3 Å². The third kappa shape index (κ3) is 6.61. The minimum absolute atomic E-state index is 0. The van der Waals surface area contributed by atoms with Gasteiger partial charge in [0.05, 0.1) is 25.1 Å². The van der Waals surface area contributed by atoms with Crippen LogP contribution in [0.5, 0.6) is 0 Å². The summed E-state index contributed by atoms with van der Waals surface area (Å²) < 4.78 is 11.2. The summed E-state index contributed by atoms with van der Waals surface area (Å²) in [6.07, 6.45) is 6.78. The van der Waals surface area contributed by atoms with Crippen molar-refractivity contribution in [3.63, 3.8) is 0 Å². The number of hydrogen-bond acceptors (Lipinski definition) is 5. The SMILES string of the molecule is I.c1coc(CCNC(=NCc2cccs2)NCC(c2ccco2)N2CCCC2)c1. The first-order chi connectivity index (χ1) is 14.4. The lowest BCUT2D eigenvalue weighted by Gasteiger charge is -2.26. The molecule has 3 aromatic heterocycles. The van der Waals surface area contributed by atoms with Crippen LogP contribution in [-0.2, 0) is 13.0 Å². The number of furan rings is 2. The van der Waals surface area contributed by atoms with Crippen LogP contribution in [0.15, 0.2) is 68.1 Å². The van der Waals surface area contributed by atoms with Crippen molar-refractivity contribution in [1.82, 2.24) is 15.5 Å². The Hall–Kier alpha value is -1.78. The number of aliphatic imine (C=N–C) groups is 1. The van der Waals surface area contributed by atoms with E-state index in [0.29, 0.717) is 6.54 Å². The summed E-state index contributed by atoms with van der Waals surface area (Å²) >= 11 is 1.73. The molecule has 0 radical (unpaired) electrons. The van der Waals surface area contributed by atoms with Gasteiger partial charge in [0.1, 0.15) is 11.5 Å². The molecule has 4 heterocycles. The van der Waals surface area contributed by atoms with E-state index >= 15 is 0 Å². The molecule has 3 aromatic rings. The molecule has 162 valence electrons. The highest BCUT2D eigenvalue weighted by atomic mass is 127. The van der Waals surface area contributed by atoms with E-state index in [1.54, 1.807) is 23.9 Å². The van der Waals surface area contributed by atoms with Gasteiger partial charge in [-0.2, -0.15) is 0 Å². The number of guanidine groups is 1. The highest BCUT2D eigenvalue weighted by Crippen LogP contribution is 2.24. The Bertz CT molecular complexity index is 844. The van der Waals surface area contributed by atoms with Crippen molar-refractivity contribution in [2.24, 2.45) is 4.99 Å². The molecule has 1 aliphatic heterocycles. The average molecular weight is 540 g/mol. The largest absolute Gasteiger partial charge is 0.469 e. The molecule has 0 bridgehead atoms. The van der Waals surface area contributed by atoms with Gasteiger partial charge in [0.15, 0.2) is 5.96 Å². The Morgan fingerprint density at radius 3 is 2.60 bits per heavy atom. The molecule has 4 rings (SSSR count). The minimum atomic E-state index is 0. The Kier molecular flexibility index (Phi) is 9.28. The third-order valence-corrected chi connectivity index (χ3v) is 5.99. The molecule has 8 heteroatoms. The number of halogens is 1. The highest BCUT2D eigenvalue weighted by Gasteiger charge is 2.25. The van der Waals surface area contributed by atoms with Crippen LogP contribution in [0.3, 0.4) is 0 Å². The fourth-order valence-corrected chi connectivity index (χ4v) is 4.26. The standard InChI is InChI=1S/C22H28N4O2S.HI/c1-2-12-26(11-1)20(21-8-4-14-28-21)17-25-22(24-16-19-7-5-15-29-19)23-10-9-18-6-3-13-27-18;/h3-8,13-15,20H,1-2,9-12,16-17H2,(H2,23,24,25);1H. The maximum absolute atomic E-state index is 5.74. The van der Waals surface area contributed by atoms with E-state index in [2.05, 4.69) is 39.1 Å². The molecule has 0 aromatic carbocycles. The first-order valence-electron chi connectivity index (χ1n) is 10.2. The van der Waals surface area contributed by atoms with Gasteiger partial charge in [-0.1, -0.05) is 6.07 Å². The van der Waals surface area contributed by atoms with E-state index in [4.69, 9.17) is 13.8 Å². The van der Waals surface area contributed by atoms with E-state index in [-0.39, 0.29) is 30.0 Å². The number of thiophene rings is 1. The van der Waals surface area contributed by atoms with Gasteiger partial charge in [-0.05, 0) is 61.6 Å². The second-order valence-electron chi connectivity index (χ2n) is 7.16. The highest BCUT2D eigenvalue weighted by molar-refractivity contribution is 14.0. The summed E-state index contributed by atoms with van der Waals surface area (Å²) in [4.78, 5) is 8.53. The molecule has 0 aliphatic carbocycles. The van der Waals surface area contributed by atoms with E-state index in [1.807, 2.05) is 18.2 Å². The lowest BCUT2D eigenvalue weighted by molar-refractivity contribution is 0.215. The van der Waals surface area contributed by atoms with Crippen molar-refractivity contribution in [1.29, 1.82) is 0 Å². The van der Waals surface area contributed by atoms with Crippen molar-refractivity contribution >= 4 is 41.3 Å². The fraction of sp³-hybridized carbons (Fsp3) is 0.409. The minimum Gasteiger partial charge on any atom is -0.469 e. The van der Waals surface area contributed by atoms with E-state index < -0.39 is 0 Å². The quantitative estimate of drug-likeness (QED) is 0.235. The summed E-state index contributed by atoms with van der Waals surface area (Å²) in [6, 6.07) is 12.3.